The quantitative estimate of drug-likeness (QED) is 0.358. The molecule has 1 aliphatic rings. The van der Waals surface area contributed by atoms with Crippen molar-refractivity contribution in [3.05, 3.63) is 78.3 Å². The molecular weight excluding hydrogens is 484 g/mol. The summed E-state index contributed by atoms with van der Waals surface area (Å²) in [5, 5.41) is 15.7. The summed E-state index contributed by atoms with van der Waals surface area (Å²) >= 11 is 0. The van der Waals surface area contributed by atoms with E-state index in [1.54, 1.807) is 43.5 Å². The summed E-state index contributed by atoms with van der Waals surface area (Å²) < 4.78 is 11.0. The van der Waals surface area contributed by atoms with E-state index >= 15 is 0 Å². The van der Waals surface area contributed by atoms with Crippen LogP contribution in [-0.2, 0) is 16.1 Å². The zero-order chi connectivity index (χ0) is 26.5. The molecule has 196 valence electrons. The lowest BCUT2D eigenvalue weighted by molar-refractivity contribution is -0.128. The number of tetrazole rings is 1. The summed E-state index contributed by atoms with van der Waals surface area (Å²) in [6.07, 6.45) is 5.46. The van der Waals surface area contributed by atoms with Crippen molar-refractivity contribution in [3.63, 3.8) is 0 Å². The van der Waals surface area contributed by atoms with Gasteiger partial charge in [-0.2, -0.15) is 4.80 Å². The largest absolute Gasteiger partial charge is 0.497 e. The first-order chi connectivity index (χ1) is 18.5. The molecule has 1 atom stereocenters. The fourth-order valence-electron chi connectivity index (χ4n) is 4.68. The molecule has 2 heterocycles. The first kappa shape index (κ1) is 25.2. The van der Waals surface area contributed by atoms with Gasteiger partial charge in [0.2, 0.25) is 5.82 Å². The molecule has 0 saturated heterocycles. The van der Waals surface area contributed by atoms with Gasteiger partial charge in [0.1, 0.15) is 18.1 Å². The first-order valence-corrected chi connectivity index (χ1v) is 12.7. The zero-order valence-corrected chi connectivity index (χ0v) is 21.4. The van der Waals surface area contributed by atoms with Crippen molar-refractivity contribution in [2.75, 3.05) is 12.0 Å². The van der Waals surface area contributed by atoms with E-state index in [2.05, 4.69) is 20.7 Å². The molecule has 2 aromatic carbocycles. The van der Waals surface area contributed by atoms with Crippen LogP contribution in [0.1, 0.15) is 43.0 Å². The van der Waals surface area contributed by atoms with E-state index in [0.717, 1.165) is 36.8 Å². The Balaban J connectivity index is 1.47. The number of hydrogen-bond acceptors (Lipinski definition) is 7. The van der Waals surface area contributed by atoms with Gasteiger partial charge >= 0.3 is 0 Å². The van der Waals surface area contributed by atoms with Crippen LogP contribution in [0.25, 0.3) is 11.4 Å². The Hall–Kier alpha value is -4.47. The number of amides is 2. The van der Waals surface area contributed by atoms with Gasteiger partial charge in [-0.25, -0.2) is 0 Å². The lowest BCUT2D eigenvalue weighted by Gasteiger charge is -2.30. The number of carbonyl (C=O) groups excluding carboxylic acids is 2. The van der Waals surface area contributed by atoms with Crippen molar-refractivity contribution in [1.82, 2.24) is 25.5 Å². The molecule has 0 aliphatic heterocycles. The number of carbonyl (C=O) groups is 2. The van der Waals surface area contributed by atoms with Gasteiger partial charge in [0.25, 0.3) is 11.8 Å². The molecule has 38 heavy (non-hydrogen) atoms. The molecule has 1 aliphatic carbocycles. The predicted molar refractivity (Wildman–Crippen MR) is 140 cm³/mol. The minimum atomic E-state index is -1.02. The molecule has 2 amide bonds. The summed E-state index contributed by atoms with van der Waals surface area (Å²) in [6, 6.07) is 17.1. The normalized spacial score (nSPS) is 14.3. The van der Waals surface area contributed by atoms with Gasteiger partial charge in [-0.15, -0.1) is 10.2 Å². The molecule has 0 unspecified atom stereocenters. The highest BCUT2D eigenvalue weighted by Gasteiger charge is 2.36. The average Bonchev–Trinajstić information content (AvgIpc) is 3.72. The Morgan fingerprint density at radius 1 is 1.11 bits per heavy atom. The Morgan fingerprint density at radius 3 is 2.50 bits per heavy atom. The monoisotopic (exact) mass is 514 g/mol. The van der Waals surface area contributed by atoms with E-state index in [1.165, 1.54) is 16.0 Å². The van der Waals surface area contributed by atoms with Gasteiger partial charge in [-0.1, -0.05) is 42.7 Å². The van der Waals surface area contributed by atoms with Gasteiger partial charge in [0.15, 0.2) is 6.04 Å². The van der Waals surface area contributed by atoms with Gasteiger partial charge in [-0.05, 0) is 61.4 Å². The molecule has 1 fully saturated rings. The first-order valence-electron chi connectivity index (χ1n) is 12.7. The van der Waals surface area contributed by atoms with E-state index in [9.17, 15) is 9.59 Å². The molecular formula is C28H30N6O4. The standard InChI is InChI=1S/C28H30N6O4/c1-19-9-11-20(12-10-19)27-30-32-33(31-27)18-25(35)34(22-13-15-23(37-2)16-14-22)26(24-8-5-17-38-24)28(36)29-21-6-3-4-7-21/h5,8-17,21,26H,3-4,6-7,18H2,1-2H3,(H,29,36)/t26-/m1/s1. The van der Waals surface area contributed by atoms with Crippen LogP contribution in [0.4, 0.5) is 5.69 Å². The molecule has 1 saturated carbocycles. The third-order valence-electron chi connectivity index (χ3n) is 6.68. The van der Waals surface area contributed by atoms with E-state index in [-0.39, 0.29) is 18.5 Å². The summed E-state index contributed by atoms with van der Waals surface area (Å²) in [7, 11) is 1.57. The highest BCUT2D eigenvalue weighted by Crippen LogP contribution is 2.31. The highest BCUT2D eigenvalue weighted by molar-refractivity contribution is 6.01. The second kappa shape index (κ2) is 11.3. The van der Waals surface area contributed by atoms with Crippen LogP contribution in [-0.4, -0.2) is 45.2 Å². The highest BCUT2D eigenvalue weighted by atomic mass is 16.5. The number of aryl methyl sites for hydroxylation is 1. The SMILES string of the molecule is COc1ccc(N(C(=O)Cn2nnc(-c3ccc(C)cc3)n2)[C@@H](C(=O)NC2CCCC2)c2ccco2)cc1. The molecule has 1 N–H and O–H groups in total. The van der Waals surface area contributed by atoms with Crippen LogP contribution in [0.3, 0.4) is 0 Å². The van der Waals surface area contributed by atoms with E-state index in [4.69, 9.17) is 9.15 Å². The van der Waals surface area contributed by atoms with Crippen LogP contribution < -0.4 is 15.0 Å². The van der Waals surface area contributed by atoms with Crippen molar-refractivity contribution in [2.45, 2.75) is 51.2 Å². The maximum absolute atomic E-state index is 13.9. The van der Waals surface area contributed by atoms with Gasteiger partial charge < -0.3 is 14.5 Å². The number of ether oxygens (including phenoxy) is 1. The van der Waals surface area contributed by atoms with Crippen LogP contribution in [0.2, 0.25) is 0 Å². The molecule has 0 bridgehead atoms. The number of anilines is 1. The molecule has 10 heteroatoms. The summed E-state index contributed by atoms with van der Waals surface area (Å²) in [5.41, 5.74) is 2.43. The second-order valence-corrected chi connectivity index (χ2v) is 9.38. The lowest BCUT2D eigenvalue weighted by atomic mass is 10.1. The van der Waals surface area contributed by atoms with E-state index in [0.29, 0.717) is 23.0 Å². The fraction of sp³-hybridized carbons (Fsp3) is 0.321. The minimum absolute atomic E-state index is 0.0711. The van der Waals surface area contributed by atoms with Crippen LogP contribution in [0.15, 0.2) is 71.3 Å². The van der Waals surface area contributed by atoms with Crippen molar-refractivity contribution in [2.24, 2.45) is 0 Å². The maximum atomic E-state index is 13.9. The summed E-state index contributed by atoms with van der Waals surface area (Å²) in [6.45, 7) is 1.78. The Morgan fingerprint density at radius 2 is 1.84 bits per heavy atom. The number of rotatable bonds is 9. The summed E-state index contributed by atoms with van der Waals surface area (Å²) in [5.74, 6) is 0.701. The number of nitrogens with zero attached hydrogens (tertiary/aromatic N) is 5. The Labute approximate surface area is 220 Å². The van der Waals surface area contributed by atoms with Gasteiger partial charge in [0.05, 0.1) is 13.4 Å². The number of benzene rings is 2. The number of methoxy groups -OCH3 is 1. The molecule has 5 rings (SSSR count). The smallest absolute Gasteiger partial charge is 0.251 e. The topological polar surface area (TPSA) is 115 Å². The van der Waals surface area contributed by atoms with Gasteiger partial charge in [-0.3, -0.25) is 14.5 Å². The van der Waals surface area contributed by atoms with E-state index in [1.807, 2.05) is 31.2 Å². The van der Waals surface area contributed by atoms with Crippen LogP contribution in [0, 0.1) is 6.92 Å². The van der Waals surface area contributed by atoms with Gasteiger partial charge in [0, 0.05) is 17.3 Å². The molecule has 0 spiro atoms. The number of aromatic nitrogens is 4. The third-order valence-corrected chi connectivity index (χ3v) is 6.68. The lowest BCUT2D eigenvalue weighted by Crippen LogP contribution is -2.47. The Bertz CT molecular complexity index is 1360. The Kier molecular flexibility index (Phi) is 7.48. The zero-order valence-electron chi connectivity index (χ0n) is 21.4. The molecule has 10 nitrogen and oxygen atoms in total. The van der Waals surface area contributed by atoms with Crippen molar-refractivity contribution in [1.29, 1.82) is 0 Å². The third kappa shape index (κ3) is 5.59. The number of nitrogens with one attached hydrogen (secondary N) is 1. The van der Waals surface area contributed by atoms with Crippen molar-refractivity contribution in [3.8, 4) is 17.1 Å². The van der Waals surface area contributed by atoms with Crippen molar-refractivity contribution < 1.29 is 18.7 Å². The molecule has 2 aromatic heterocycles. The van der Waals surface area contributed by atoms with Crippen LogP contribution >= 0.6 is 0 Å². The second-order valence-electron chi connectivity index (χ2n) is 9.38. The van der Waals surface area contributed by atoms with Crippen LogP contribution in [0.5, 0.6) is 5.75 Å². The average molecular weight is 515 g/mol. The minimum Gasteiger partial charge on any atom is -0.497 e. The maximum Gasteiger partial charge on any atom is 0.251 e. The number of furan rings is 1. The fourth-order valence-corrected chi connectivity index (χ4v) is 4.68. The number of hydrogen-bond donors (Lipinski definition) is 1. The van der Waals surface area contributed by atoms with Crippen molar-refractivity contribution >= 4 is 17.5 Å². The molecule has 0 radical (unpaired) electrons. The summed E-state index contributed by atoms with van der Waals surface area (Å²) in [4.78, 5) is 30.2. The van der Waals surface area contributed by atoms with E-state index < -0.39 is 11.9 Å². The molecule has 4 aromatic rings. The predicted octanol–water partition coefficient (Wildman–Crippen LogP) is 4.08.